The van der Waals surface area contributed by atoms with Gasteiger partial charge in [-0.25, -0.2) is 0 Å². The molecule has 0 amide bonds. The van der Waals surface area contributed by atoms with Crippen LogP contribution in [-0.2, 0) is 12.8 Å². The number of nitrogens with zero attached hydrogens (tertiary/aromatic N) is 1. The molecule has 16 heavy (non-hydrogen) atoms. The van der Waals surface area contributed by atoms with E-state index in [4.69, 9.17) is 0 Å². The van der Waals surface area contributed by atoms with Crippen molar-refractivity contribution in [2.24, 2.45) is 0 Å². The summed E-state index contributed by atoms with van der Waals surface area (Å²) in [6, 6.07) is 8.75. The number of H-pyrrole nitrogens is 1. The zero-order valence-electron chi connectivity index (χ0n) is 10.3. The molecule has 0 fully saturated rings. The first-order valence-electron chi connectivity index (χ1n) is 5.94. The summed E-state index contributed by atoms with van der Waals surface area (Å²) < 4.78 is 0. The summed E-state index contributed by atoms with van der Waals surface area (Å²) in [6.45, 7) is 6.17. The molecule has 1 heterocycles. The fraction of sp³-hybridized carbons (Fsp3) is 0.357. The van der Waals surface area contributed by atoms with Crippen LogP contribution < -0.4 is 0 Å². The van der Waals surface area contributed by atoms with E-state index >= 15 is 0 Å². The summed E-state index contributed by atoms with van der Waals surface area (Å²) in [4.78, 5) is 0. The lowest BCUT2D eigenvalue weighted by molar-refractivity contribution is 1.09. The van der Waals surface area contributed by atoms with Gasteiger partial charge < -0.3 is 0 Å². The van der Waals surface area contributed by atoms with E-state index in [9.17, 15) is 0 Å². The van der Waals surface area contributed by atoms with E-state index in [1.54, 1.807) is 0 Å². The van der Waals surface area contributed by atoms with Crippen LogP contribution >= 0.6 is 0 Å². The Balaban J connectivity index is 0.000000606. The first-order valence-corrected chi connectivity index (χ1v) is 5.94. The number of aromatic amines is 1. The van der Waals surface area contributed by atoms with Crippen LogP contribution in [0.15, 0.2) is 36.7 Å². The van der Waals surface area contributed by atoms with Crippen molar-refractivity contribution in [3.63, 3.8) is 0 Å². The molecular weight excluding hydrogens is 196 g/mol. The molecule has 2 heteroatoms. The van der Waals surface area contributed by atoms with E-state index < -0.39 is 0 Å². The van der Waals surface area contributed by atoms with Crippen molar-refractivity contribution >= 4 is 0 Å². The van der Waals surface area contributed by atoms with Crippen molar-refractivity contribution in [3.8, 4) is 0 Å². The Bertz CT molecular complexity index is 374. The van der Waals surface area contributed by atoms with Crippen molar-refractivity contribution < 1.29 is 0 Å². The summed E-state index contributed by atoms with van der Waals surface area (Å²) >= 11 is 0. The van der Waals surface area contributed by atoms with Gasteiger partial charge in [0.2, 0.25) is 0 Å². The van der Waals surface area contributed by atoms with Gasteiger partial charge in [-0.1, -0.05) is 45.0 Å². The zero-order chi connectivity index (χ0) is 11.8. The van der Waals surface area contributed by atoms with Gasteiger partial charge in [-0.15, -0.1) is 0 Å². The summed E-state index contributed by atoms with van der Waals surface area (Å²) in [7, 11) is 0. The number of aryl methyl sites for hydroxylation is 1. The summed E-state index contributed by atoms with van der Waals surface area (Å²) in [5.41, 5.74) is 3.96. The molecule has 1 aromatic heterocycles. The zero-order valence-corrected chi connectivity index (χ0v) is 10.3. The summed E-state index contributed by atoms with van der Waals surface area (Å²) in [6.07, 6.45) is 5.87. The van der Waals surface area contributed by atoms with Gasteiger partial charge in [0.15, 0.2) is 0 Å². The molecule has 0 aliphatic rings. The topological polar surface area (TPSA) is 28.7 Å². The van der Waals surface area contributed by atoms with Gasteiger partial charge in [-0.05, 0) is 23.1 Å². The number of hydrogen-bond donors (Lipinski definition) is 1. The van der Waals surface area contributed by atoms with Gasteiger partial charge in [0.25, 0.3) is 0 Å². The van der Waals surface area contributed by atoms with E-state index in [2.05, 4.69) is 41.4 Å². The van der Waals surface area contributed by atoms with Crippen LogP contribution in [0.3, 0.4) is 0 Å². The maximum absolute atomic E-state index is 3.93. The highest BCUT2D eigenvalue weighted by Crippen LogP contribution is 2.09. The van der Waals surface area contributed by atoms with Crippen molar-refractivity contribution in [1.29, 1.82) is 0 Å². The maximum atomic E-state index is 3.93. The minimum atomic E-state index is 0.959. The fourth-order valence-corrected chi connectivity index (χ4v) is 1.50. The molecule has 0 saturated carbocycles. The summed E-state index contributed by atoms with van der Waals surface area (Å²) in [5.74, 6) is 0. The molecule has 0 aliphatic heterocycles. The number of hydrogen-bond acceptors (Lipinski definition) is 1. The SMILES string of the molecule is CC.CCc1ccc(Cc2cn[nH]c2)cc1. The Morgan fingerprint density at radius 1 is 1.00 bits per heavy atom. The third kappa shape index (κ3) is 3.54. The van der Waals surface area contributed by atoms with Crippen molar-refractivity contribution in [3.05, 3.63) is 53.3 Å². The van der Waals surface area contributed by atoms with Gasteiger partial charge in [0.05, 0.1) is 6.20 Å². The van der Waals surface area contributed by atoms with Crippen LogP contribution in [0.5, 0.6) is 0 Å². The lowest BCUT2D eigenvalue weighted by Crippen LogP contribution is -1.86. The van der Waals surface area contributed by atoms with Gasteiger partial charge in [-0.3, -0.25) is 5.10 Å². The fourth-order valence-electron chi connectivity index (χ4n) is 1.50. The molecule has 1 N–H and O–H groups in total. The molecule has 0 aliphatic carbocycles. The lowest BCUT2D eigenvalue weighted by atomic mass is 10.1. The van der Waals surface area contributed by atoms with Crippen LogP contribution in [0.4, 0.5) is 0 Å². The lowest BCUT2D eigenvalue weighted by Gasteiger charge is -2.00. The second kappa shape index (κ2) is 6.83. The van der Waals surface area contributed by atoms with Crippen LogP contribution in [0, 0.1) is 0 Å². The van der Waals surface area contributed by atoms with Crippen molar-refractivity contribution in [2.75, 3.05) is 0 Å². The highest BCUT2D eigenvalue weighted by molar-refractivity contribution is 5.26. The molecule has 86 valence electrons. The summed E-state index contributed by atoms with van der Waals surface area (Å²) in [5, 5.41) is 6.75. The normalized spacial score (nSPS) is 9.44. The Morgan fingerprint density at radius 2 is 1.62 bits per heavy atom. The second-order valence-corrected chi connectivity index (χ2v) is 3.45. The first kappa shape index (κ1) is 12.5. The van der Waals surface area contributed by atoms with Crippen LogP contribution in [-0.4, -0.2) is 10.2 Å². The third-order valence-electron chi connectivity index (χ3n) is 2.39. The molecule has 2 rings (SSSR count). The number of rotatable bonds is 3. The highest BCUT2D eigenvalue weighted by atomic mass is 15.1. The predicted octanol–water partition coefficient (Wildman–Crippen LogP) is 3.59. The van der Waals surface area contributed by atoms with E-state index in [-0.39, 0.29) is 0 Å². The third-order valence-corrected chi connectivity index (χ3v) is 2.39. The van der Waals surface area contributed by atoms with E-state index in [1.807, 2.05) is 26.2 Å². The molecular formula is C14H20N2. The van der Waals surface area contributed by atoms with Crippen LogP contribution in [0.1, 0.15) is 37.5 Å². The van der Waals surface area contributed by atoms with Crippen molar-refractivity contribution in [1.82, 2.24) is 10.2 Å². The number of nitrogens with one attached hydrogen (secondary N) is 1. The second-order valence-electron chi connectivity index (χ2n) is 3.45. The molecule has 1 aromatic carbocycles. The first-order chi connectivity index (χ1) is 7.88. The Labute approximate surface area is 97.7 Å². The highest BCUT2D eigenvalue weighted by Gasteiger charge is 1.96. The largest absolute Gasteiger partial charge is 0.285 e. The minimum Gasteiger partial charge on any atom is -0.285 e. The van der Waals surface area contributed by atoms with Crippen molar-refractivity contribution in [2.45, 2.75) is 33.6 Å². The Kier molecular flexibility index (Phi) is 5.34. The standard InChI is InChI=1S/C12H14N2.C2H6/c1-2-10-3-5-11(6-4-10)7-12-8-13-14-9-12;1-2/h3-6,8-9H,2,7H2,1H3,(H,13,14);1-2H3. The molecule has 2 aromatic rings. The molecule has 0 spiro atoms. The monoisotopic (exact) mass is 216 g/mol. The molecule has 2 nitrogen and oxygen atoms in total. The Hall–Kier alpha value is -1.57. The average molecular weight is 216 g/mol. The smallest absolute Gasteiger partial charge is 0.0522 e. The van der Waals surface area contributed by atoms with E-state index in [0.29, 0.717) is 0 Å². The van der Waals surface area contributed by atoms with E-state index in [0.717, 1.165) is 12.8 Å². The van der Waals surface area contributed by atoms with Gasteiger partial charge in [0, 0.05) is 12.6 Å². The predicted molar refractivity (Wildman–Crippen MR) is 68.6 cm³/mol. The quantitative estimate of drug-likeness (QED) is 0.834. The minimum absolute atomic E-state index is 0.959. The molecule has 0 atom stereocenters. The number of aromatic nitrogens is 2. The average Bonchev–Trinajstić information content (AvgIpc) is 2.86. The molecule has 0 saturated heterocycles. The Morgan fingerprint density at radius 3 is 2.12 bits per heavy atom. The van der Waals surface area contributed by atoms with Gasteiger partial charge >= 0.3 is 0 Å². The van der Waals surface area contributed by atoms with Gasteiger partial charge in [-0.2, -0.15) is 5.10 Å². The van der Waals surface area contributed by atoms with E-state index in [1.165, 1.54) is 16.7 Å². The van der Waals surface area contributed by atoms with Crippen LogP contribution in [0.25, 0.3) is 0 Å². The molecule has 0 unspecified atom stereocenters. The maximum Gasteiger partial charge on any atom is 0.0522 e. The molecule has 0 radical (unpaired) electrons. The number of benzene rings is 1. The molecule has 0 bridgehead atoms. The van der Waals surface area contributed by atoms with Crippen LogP contribution in [0.2, 0.25) is 0 Å². The van der Waals surface area contributed by atoms with Gasteiger partial charge in [0.1, 0.15) is 0 Å².